The minimum atomic E-state index is -3.52. The molecule has 3 rings (SSSR count). The van der Waals surface area contributed by atoms with Gasteiger partial charge in [0.1, 0.15) is 6.04 Å². The van der Waals surface area contributed by atoms with Crippen LogP contribution in [0.25, 0.3) is 6.08 Å². The van der Waals surface area contributed by atoms with Crippen molar-refractivity contribution in [3.05, 3.63) is 77.9 Å². The Kier molecular flexibility index (Phi) is 7.42. The molecule has 0 saturated carbocycles. The van der Waals surface area contributed by atoms with E-state index in [9.17, 15) is 13.2 Å². The summed E-state index contributed by atoms with van der Waals surface area (Å²) in [5.74, 6) is -0.173. The molecule has 1 aliphatic heterocycles. The molecule has 160 valence electrons. The molecule has 2 aromatic carbocycles. The fourth-order valence-corrected chi connectivity index (χ4v) is 4.16. The van der Waals surface area contributed by atoms with E-state index in [0.29, 0.717) is 18.7 Å². The predicted octanol–water partition coefficient (Wildman–Crippen LogP) is 2.48. The topological polar surface area (TPSA) is 60.9 Å². The zero-order valence-corrected chi connectivity index (χ0v) is 18.3. The van der Waals surface area contributed by atoms with Gasteiger partial charge in [0.15, 0.2) is 0 Å². The molecule has 0 spiro atoms. The monoisotopic (exact) mass is 427 g/mol. The van der Waals surface area contributed by atoms with Crippen LogP contribution in [0.1, 0.15) is 17.2 Å². The van der Waals surface area contributed by atoms with Gasteiger partial charge < -0.3 is 4.90 Å². The lowest BCUT2D eigenvalue weighted by Gasteiger charge is -2.37. The normalized spacial score (nSPS) is 16.8. The van der Waals surface area contributed by atoms with Crippen molar-refractivity contribution >= 4 is 22.0 Å². The highest BCUT2D eigenvalue weighted by molar-refractivity contribution is 7.88. The van der Waals surface area contributed by atoms with E-state index in [1.807, 2.05) is 36.4 Å². The van der Waals surface area contributed by atoms with Gasteiger partial charge in [0.25, 0.3) is 0 Å². The van der Waals surface area contributed by atoms with Crippen molar-refractivity contribution in [3.63, 3.8) is 0 Å². The minimum absolute atomic E-state index is 0.173. The Balaban J connectivity index is 1.62. The van der Waals surface area contributed by atoms with Crippen LogP contribution in [0.4, 0.5) is 0 Å². The number of piperazine rings is 1. The van der Waals surface area contributed by atoms with Crippen LogP contribution in [0.2, 0.25) is 0 Å². The molecule has 1 heterocycles. The van der Waals surface area contributed by atoms with Crippen LogP contribution in [-0.4, -0.2) is 74.5 Å². The number of benzene rings is 2. The van der Waals surface area contributed by atoms with E-state index in [2.05, 4.69) is 29.2 Å². The zero-order valence-electron chi connectivity index (χ0n) is 17.5. The maximum atomic E-state index is 13.3. The Morgan fingerprint density at radius 2 is 1.57 bits per heavy atom. The summed E-state index contributed by atoms with van der Waals surface area (Å²) in [6.45, 7) is 3.50. The quantitative estimate of drug-likeness (QED) is 0.681. The Labute approximate surface area is 179 Å². The van der Waals surface area contributed by atoms with Crippen LogP contribution >= 0.6 is 0 Å². The van der Waals surface area contributed by atoms with Gasteiger partial charge in [-0.25, -0.2) is 8.42 Å². The first kappa shape index (κ1) is 22.2. The standard InChI is InChI=1S/C23H29N3O3S/c1-24(30(2,28)29)22(21-13-7-4-8-14-21)23(27)26-18-16-25(17-19-26)15-9-12-20-10-5-3-6-11-20/h3-14,22H,15-19H2,1-2H3/b12-9+. The summed E-state index contributed by atoms with van der Waals surface area (Å²) in [5.41, 5.74) is 1.85. The summed E-state index contributed by atoms with van der Waals surface area (Å²) < 4.78 is 25.5. The van der Waals surface area contributed by atoms with Crippen molar-refractivity contribution in [2.45, 2.75) is 6.04 Å². The second-order valence-corrected chi connectivity index (χ2v) is 9.57. The van der Waals surface area contributed by atoms with E-state index in [0.717, 1.165) is 25.9 Å². The highest BCUT2D eigenvalue weighted by atomic mass is 32.2. The summed E-state index contributed by atoms with van der Waals surface area (Å²) in [7, 11) is -2.05. The minimum Gasteiger partial charge on any atom is -0.338 e. The predicted molar refractivity (Wildman–Crippen MR) is 120 cm³/mol. The Bertz CT molecular complexity index is 954. The number of carbonyl (C=O) groups is 1. The molecule has 0 N–H and O–H groups in total. The number of hydrogen-bond donors (Lipinski definition) is 0. The number of nitrogens with zero attached hydrogens (tertiary/aromatic N) is 3. The molecule has 0 radical (unpaired) electrons. The van der Waals surface area contributed by atoms with E-state index in [4.69, 9.17) is 0 Å². The van der Waals surface area contributed by atoms with E-state index in [1.54, 1.807) is 17.0 Å². The lowest BCUT2D eigenvalue weighted by atomic mass is 10.1. The largest absolute Gasteiger partial charge is 0.338 e. The van der Waals surface area contributed by atoms with Crippen molar-refractivity contribution in [2.24, 2.45) is 0 Å². The lowest BCUT2D eigenvalue weighted by Crippen LogP contribution is -2.52. The molecule has 6 nitrogen and oxygen atoms in total. The Morgan fingerprint density at radius 1 is 1.00 bits per heavy atom. The third-order valence-electron chi connectivity index (χ3n) is 5.39. The summed E-state index contributed by atoms with van der Waals surface area (Å²) in [5, 5.41) is 0. The van der Waals surface area contributed by atoms with Crippen LogP contribution in [0, 0.1) is 0 Å². The van der Waals surface area contributed by atoms with Gasteiger partial charge in [0.2, 0.25) is 15.9 Å². The molecule has 0 aliphatic carbocycles. The summed E-state index contributed by atoms with van der Waals surface area (Å²) in [4.78, 5) is 17.3. The molecule has 1 fully saturated rings. The SMILES string of the molecule is CN(C(C(=O)N1CCN(C/C=C/c2ccccc2)CC1)c1ccccc1)S(C)(=O)=O. The molecular weight excluding hydrogens is 398 g/mol. The van der Waals surface area contributed by atoms with Crippen LogP contribution in [0.15, 0.2) is 66.7 Å². The molecule has 1 unspecified atom stereocenters. The maximum absolute atomic E-state index is 13.3. The second kappa shape index (κ2) is 10.0. The van der Waals surface area contributed by atoms with Gasteiger partial charge in [0, 0.05) is 39.8 Å². The van der Waals surface area contributed by atoms with Gasteiger partial charge in [-0.3, -0.25) is 9.69 Å². The second-order valence-electron chi connectivity index (χ2n) is 7.53. The lowest BCUT2D eigenvalue weighted by molar-refractivity contribution is -0.137. The van der Waals surface area contributed by atoms with Crippen LogP contribution in [0.5, 0.6) is 0 Å². The van der Waals surface area contributed by atoms with Crippen molar-refractivity contribution in [2.75, 3.05) is 46.0 Å². The molecular formula is C23H29N3O3S. The van der Waals surface area contributed by atoms with Crippen LogP contribution < -0.4 is 0 Å². The summed E-state index contributed by atoms with van der Waals surface area (Å²) in [6.07, 6.45) is 5.37. The highest BCUT2D eigenvalue weighted by Crippen LogP contribution is 2.24. The zero-order chi connectivity index (χ0) is 21.6. The van der Waals surface area contributed by atoms with Crippen LogP contribution in [-0.2, 0) is 14.8 Å². The number of hydrogen-bond acceptors (Lipinski definition) is 4. The molecule has 1 aliphatic rings. The molecule has 1 amide bonds. The first-order valence-electron chi connectivity index (χ1n) is 10.1. The van der Waals surface area contributed by atoms with Gasteiger partial charge in [-0.2, -0.15) is 4.31 Å². The summed E-state index contributed by atoms with van der Waals surface area (Å²) >= 11 is 0. The highest BCUT2D eigenvalue weighted by Gasteiger charge is 2.34. The molecule has 2 aromatic rings. The van der Waals surface area contributed by atoms with Gasteiger partial charge in [0.05, 0.1) is 6.26 Å². The average molecular weight is 428 g/mol. The van der Waals surface area contributed by atoms with E-state index >= 15 is 0 Å². The van der Waals surface area contributed by atoms with Crippen LogP contribution in [0.3, 0.4) is 0 Å². The van der Waals surface area contributed by atoms with E-state index in [1.165, 1.54) is 16.9 Å². The number of rotatable bonds is 7. The van der Waals surface area contributed by atoms with E-state index in [-0.39, 0.29) is 5.91 Å². The Hall–Kier alpha value is -2.48. The molecule has 0 aromatic heterocycles. The van der Waals surface area contributed by atoms with Gasteiger partial charge in [-0.1, -0.05) is 72.8 Å². The van der Waals surface area contributed by atoms with Gasteiger partial charge >= 0.3 is 0 Å². The number of carbonyl (C=O) groups excluding carboxylic acids is 1. The van der Waals surface area contributed by atoms with Gasteiger partial charge in [-0.15, -0.1) is 0 Å². The first-order valence-corrected chi connectivity index (χ1v) is 11.9. The molecule has 7 heteroatoms. The van der Waals surface area contributed by atoms with Crippen molar-refractivity contribution < 1.29 is 13.2 Å². The van der Waals surface area contributed by atoms with Crippen molar-refractivity contribution in [1.29, 1.82) is 0 Å². The molecule has 1 saturated heterocycles. The third-order valence-corrected chi connectivity index (χ3v) is 6.65. The molecule has 0 bridgehead atoms. The fourth-order valence-electron chi connectivity index (χ4n) is 3.56. The number of sulfonamides is 1. The average Bonchev–Trinajstić information content (AvgIpc) is 2.75. The van der Waals surface area contributed by atoms with Gasteiger partial charge in [-0.05, 0) is 11.1 Å². The number of amides is 1. The molecule has 1 atom stereocenters. The maximum Gasteiger partial charge on any atom is 0.245 e. The third kappa shape index (κ3) is 5.78. The van der Waals surface area contributed by atoms with Crippen molar-refractivity contribution in [3.8, 4) is 0 Å². The molecule has 30 heavy (non-hydrogen) atoms. The van der Waals surface area contributed by atoms with Crippen molar-refractivity contribution in [1.82, 2.24) is 14.1 Å². The Morgan fingerprint density at radius 3 is 2.13 bits per heavy atom. The fraction of sp³-hybridized carbons (Fsp3) is 0.348. The summed E-state index contributed by atoms with van der Waals surface area (Å²) in [6, 6.07) is 18.4. The first-order chi connectivity index (χ1) is 14.4. The van der Waals surface area contributed by atoms with E-state index < -0.39 is 16.1 Å². The smallest absolute Gasteiger partial charge is 0.245 e. The number of likely N-dealkylation sites (N-methyl/N-ethyl adjacent to an activating group) is 1.